The van der Waals surface area contributed by atoms with E-state index in [9.17, 15) is 0 Å². The molecule has 1 heterocycles. The van der Waals surface area contributed by atoms with E-state index in [1.807, 2.05) is 0 Å². The molecule has 1 rings (SSSR count). The minimum absolute atomic E-state index is 0.381. The van der Waals surface area contributed by atoms with E-state index in [0.29, 0.717) is 18.5 Å². The van der Waals surface area contributed by atoms with Crippen LogP contribution in [0.25, 0.3) is 0 Å². The molecule has 0 fully saturated rings. The first-order valence-electron chi connectivity index (χ1n) is 4.62. The van der Waals surface area contributed by atoms with Crippen molar-refractivity contribution in [3.05, 3.63) is 0 Å². The maximum absolute atomic E-state index is 5.39. The van der Waals surface area contributed by atoms with Gasteiger partial charge in [-0.15, -0.1) is 0 Å². The first-order valence-corrected chi connectivity index (χ1v) is 4.62. The lowest BCUT2D eigenvalue weighted by atomic mass is 10.1. The van der Waals surface area contributed by atoms with Crippen LogP contribution in [-0.2, 0) is 4.74 Å². The number of nitrogens with zero attached hydrogens (tertiary/aromatic N) is 1. The highest BCUT2D eigenvalue weighted by atomic mass is 16.5. The molecule has 0 aromatic heterocycles. The van der Waals surface area contributed by atoms with Gasteiger partial charge in [-0.05, 0) is 12.3 Å². The van der Waals surface area contributed by atoms with E-state index in [4.69, 9.17) is 10.5 Å². The third kappa shape index (κ3) is 2.81. The maximum Gasteiger partial charge on any atom is 0.184 e. The van der Waals surface area contributed by atoms with Gasteiger partial charge in [0.1, 0.15) is 6.61 Å². The largest absolute Gasteiger partial charge is 0.479 e. The lowest BCUT2D eigenvalue weighted by molar-refractivity contribution is 0.295. The zero-order valence-electron chi connectivity index (χ0n) is 7.92. The van der Waals surface area contributed by atoms with Gasteiger partial charge in [0.2, 0.25) is 0 Å². The molecule has 0 amide bonds. The molecule has 70 valence electrons. The van der Waals surface area contributed by atoms with Crippen LogP contribution >= 0.6 is 0 Å². The zero-order valence-corrected chi connectivity index (χ0v) is 7.92. The summed E-state index contributed by atoms with van der Waals surface area (Å²) < 4.78 is 5.38. The Bertz CT molecular complexity index is 166. The van der Waals surface area contributed by atoms with Crippen LogP contribution in [0.5, 0.6) is 0 Å². The Morgan fingerprint density at radius 1 is 1.67 bits per heavy atom. The number of aliphatic imine (C=N–C) groups is 1. The summed E-state index contributed by atoms with van der Waals surface area (Å²) >= 11 is 0. The molecule has 3 heteroatoms. The van der Waals surface area contributed by atoms with Crippen LogP contribution in [0.4, 0.5) is 0 Å². The first-order chi connectivity index (χ1) is 5.72. The van der Waals surface area contributed by atoms with Gasteiger partial charge in [-0.25, -0.2) is 4.99 Å². The van der Waals surface area contributed by atoms with Crippen LogP contribution in [0.15, 0.2) is 4.99 Å². The molecule has 0 radical (unpaired) electrons. The van der Waals surface area contributed by atoms with Crippen LogP contribution in [0.3, 0.4) is 0 Å². The predicted molar refractivity (Wildman–Crippen MR) is 50.3 cm³/mol. The number of rotatable bonds is 4. The highest BCUT2D eigenvalue weighted by Gasteiger charge is 2.18. The summed E-state index contributed by atoms with van der Waals surface area (Å²) in [5.41, 5.74) is 5.39. The smallest absolute Gasteiger partial charge is 0.184 e. The van der Waals surface area contributed by atoms with Crippen LogP contribution in [0.1, 0.15) is 26.7 Å². The highest BCUT2D eigenvalue weighted by Crippen LogP contribution is 2.14. The van der Waals surface area contributed by atoms with Gasteiger partial charge in [-0.1, -0.05) is 13.8 Å². The summed E-state index contributed by atoms with van der Waals surface area (Å²) in [6.45, 7) is 5.80. The highest BCUT2D eigenvalue weighted by molar-refractivity contribution is 5.77. The summed E-state index contributed by atoms with van der Waals surface area (Å²) in [6, 6.07) is 0.381. The van der Waals surface area contributed by atoms with Gasteiger partial charge in [0, 0.05) is 13.0 Å². The topological polar surface area (TPSA) is 47.6 Å². The molecule has 12 heavy (non-hydrogen) atoms. The van der Waals surface area contributed by atoms with Crippen LogP contribution in [0.2, 0.25) is 0 Å². The number of hydrogen-bond donors (Lipinski definition) is 1. The van der Waals surface area contributed by atoms with Crippen molar-refractivity contribution in [2.75, 3.05) is 13.2 Å². The Hall–Kier alpha value is -0.570. The monoisotopic (exact) mass is 170 g/mol. The van der Waals surface area contributed by atoms with Gasteiger partial charge < -0.3 is 10.5 Å². The van der Waals surface area contributed by atoms with Gasteiger partial charge in [-0.2, -0.15) is 0 Å². The molecule has 2 N–H and O–H groups in total. The van der Waals surface area contributed by atoms with E-state index >= 15 is 0 Å². The molecule has 3 nitrogen and oxygen atoms in total. The summed E-state index contributed by atoms with van der Waals surface area (Å²) in [6.07, 6.45) is 1.91. The average Bonchev–Trinajstić information content (AvgIpc) is 2.36. The van der Waals surface area contributed by atoms with E-state index in [0.717, 1.165) is 25.3 Å². The minimum Gasteiger partial charge on any atom is -0.479 e. The van der Waals surface area contributed by atoms with Crippen LogP contribution in [0, 0.1) is 5.92 Å². The fourth-order valence-electron chi connectivity index (χ4n) is 1.40. The normalized spacial score (nSPS) is 22.7. The van der Waals surface area contributed by atoms with Crippen LogP contribution < -0.4 is 5.73 Å². The van der Waals surface area contributed by atoms with E-state index in [1.54, 1.807) is 0 Å². The first kappa shape index (κ1) is 9.52. The predicted octanol–water partition coefficient (Wildman–Crippen LogP) is 1.18. The fraction of sp³-hybridized carbons (Fsp3) is 0.889. The van der Waals surface area contributed by atoms with Gasteiger partial charge in [0.15, 0.2) is 5.90 Å². The number of hydrogen-bond acceptors (Lipinski definition) is 3. The second-order valence-electron chi connectivity index (χ2n) is 3.66. The Balaban J connectivity index is 2.31. The molecule has 0 aromatic carbocycles. The maximum atomic E-state index is 5.39. The third-order valence-electron chi connectivity index (χ3n) is 1.87. The van der Waals surface area contributed by atoms with Crippen molar-refractivity contribution >= 4 is 5.90 Å². The molecule has 1 atom stereocenters. The van der Waals surface area contributed by atoms with E-state index in [1.165, 1.54) is 0 Å². The molecule has 0 aliphatic carbocycles. The summed E-state index contributed by atoms with van der Waals surface area (Å²) in [5, 5.41) is 0. The Morgan fingerprint density at radius 3 is 3.00 bits per heavy atom. The Morgan fingerprint density at radius 2 is 2.42 bits per heavy atom. The second kappa shape index (κ2) is 4.45. The summed E-state index contributed by atoms with van der Waals surface area (Å²) in [5.74, 6) is 1.54. The standard InChI is InChI=1S/C9H18N2O/c1-7(2)5-8-6-12-9(11-8)3-4-10/h7-8H,3-6,10H2,1-2H3. The molecule has 0 saturated heterocycles. The van der Waals surface area contributed by atoms with Crippen molar-refractivity contribution in [3.63, 3.8) is 0 Å². The average molecular weight is 170 g/mol. The number of nitrogens with two attached hydrogens (primary N) is 1. The minimum atomic E-state index is 0.381. The quantitative estimate of drug-likeness (QED) is 0.688. The zero-order chi connectivity index (χ0) is 8.97. The summed E-state index contributed by atoms with van der Waals surface area (Å²) in [4.78, 5) is 4.43. The SMILES string of the molecule is CC(C)CC1COC(CCN)=N1. The molecule has 0 bridgehead atoms. The van der Waals surface area contributed by atoms with Gasteiger partial charge in [0.25, 0.3) is 0 Å². The third-order valence-corrected chi connectivity index (χ3v) is 1.87. The molecular formula is C9H18N2O. The second-order valence-corrected chi connectivity index (χ2v) is 3.66. The van der Waals surface area contributed by atoms with Crippen molar-refractivity contribution in [2.45, 2.75) is 32.7 Å². The lowest BCUT2D eigenvalue weighted by Crippen LogP contribution is -2.09. The Labute approximate surface area is 74.0 Å². The van der Waals surface area contributed by atoms with Gasteiger partial charge >= 0.3 is 0 Å². The van der Waals surface area contributed by atoms with Gasteiger partial charge in [0.05, 0.1) is 6.04 Å². The lowest BCUT2D eigenvalue weighted by Gasteiger charge is -2.06. The molecule has 0 spiro atoms. The molecular weight excluding hydrogens is 152 g/mol. The summed E-state index contributed by atoms with van der Waals surface area (Å²) in [7, 11) is 0. The van der Waals surface area contributed by atoms with Crippen molar-refractivity contribution in [3.8, 4) is 0 Å². The van der Waals surface area contributed by atoms with E-state index in [2.05, 4.69) is 18.8 Å². The Kier molecular flexibility index (Phi) is 3.53. The molecule has 1 unspecified atom stereocenters. The van der Waals surface area contributed by atoms with Crippen LogP contribution in [-0.4, -0.2) is 25.1 Å². The van der Waals surface area contributed by atoms with Crippen molar-refractivity contribution in [2.24, 2.45) is 16.6 Å². The van der Waals surface area contributed by atoms with Gasteiger partial charge in [-0.3, -0.25) is 0 Å². The van der Waals surface area contributed by atoms with E-state index < -0.39 is 0 Å². The molecule has 0 saturated carbocycles. The van der Waals surface area contributed by atoms with Crippen molar-refractivity contribution in [1.29, 1.82) is 0 Å². The molecule has 1 aliphatic rings. The number of ether oxygens (including phenoxy) is 1. The molecule has 1 aliphatic heterocycles. The fourth-order valence-corrected chi connectivity index (χ4v) is 1.40. The van der Waals surface area contributed by atoms with E-state index in [-0.39, 0.29) is 0 Å². The van der Waals surface area contributed by atoms with Crippen molar-refractivity contribution < 1.29 is 4.74 Å². The van der Waals surface area contributed by atoms with Crippen molar-refractivity contribution in [1.82, 2.24) is 0 Å². The molecule has 0 aromatic rings.